The van der Waals surface area contributed by atoms with Gasteiger partial charge in [0.15, 0.2) is 5.75 Å². The molecule has 1 saturated carbocycles. The lowest BCUT2D eigenvalue weighted by molar-refractivity contribution is -0.385. The lowest BCUT2D eigenvalue weighted by atomic mass is 10.1. The Bertz CT molecular complexity index is 472. The average molecular weight is 280 g/mol. The summed E-state index contributed by atoms with van der Waals surface area (Å²) in [6.45, 7) is 0.379. The van der Waals surface area contributed by atoms with Gasteiger partial charge in [0.2, 0.25) is 0 Å². The fourth-order valence-electron chi connectivity index (χ4n) is 2.91. The lowest BCUT2D eigenvalue weighted by Crippen LogP contribution is -2.36. The number of hydrogen-bond donors (Lipinski definition) is 1. The minimum atomic E-state index is -0.409. The van der Waals surface area contributed by atoms with E-state index in [4.69, 9.17) is 4.74 Å². The number of methoxy groups -OCH3 is 1. The Kier molecular flexibility index (Phi) is 4.79. The van der Waals surface area contributed by atoms with Crippen LogP contribution in [0.4, 0.5) is 11.4 Å². The number of hydrogen-bond acceptors (Lipinski definition) is 5. The van der Waals surface area contributed by atoms with Crippen LogP contribution in [-0.4, -0.2) is 36.3 Å². The molecule has 0 unspecified atom stereocenters. The van der Waals surface area contributed by atoms with Crippen LogP contribution in [0.2, 0.25) is 0 Å². The molecule has 6 heteroatoms. The van der Waals surface area contributed by atoms with Crippen molar-refractivity contribution in [3.8, 4) is 5.75 Å². The molecular formula is C14H20N2O4. The van der Waals surface area contributed by atoms with Crippen molar-refractivity contribution in [2.24, 2.45) is 0 Å². The zero-order valence-electron chi connectivity index (χ0n) is 11.6. The van der Waals surface area contributed by atoms with Crippen molar-refractivity contribution in [2.45, 2.75) is 31.7 Å². The molecule has 2 rings (SSSR count). The van der Waals surface area contributed by atoms with Crippen LogP contribution in [-0.2, 0) is 0 Å². The molecule has 0 radical (unpaired) electrons. The number of ether oxygens (including phenoxy) is 1. The van der Waals surface area contributed by atoms with Crippen LogP contribution in [0.1, 0.15) is 25.7 Å². The Hall–Kier alpha value is -1.82. The summed E-state index contributed by atoms with van der Waals surface area (Å²) in [5, 5.41) is 20.6. The van der Waals surface area contributed by atoms with Crippen molar-refractivity contribution < 1.29 is 14.8 Å². The highest BCUT2D eigenvalue weighted by atomic mass is 16.6. The fourth-order valence-corrected chi connectivity index (χ4v) is 2.91. The van der Waals surface area contributed by atoms with E-state index in [-0.39, 0.29) is 24.1 Å². The van der Waals surface area contributed by atoms with Crippen LogP contribution < -0.4 is 9.64 Å². The van der Waals surface area contributed by atoms with Crippen molar-refractivity contribution in [1.29, 1.82) is 0 Å². The number of nitro benzene ring substituents is 1. The Morgan fingerprint density at radius 2 is 2.15 bits per heavy atom. The van der Waals surface area contributed by atoms with Gasteiger partial charge in [-0.1, -0.05) is 18.9 Å². The second kappa shape index (κ2) is 6.56. The summed E-state index contributed by atoms with van der Waals surface area (Å²) in [5.41, 5.74) is 0.519. The number of rotatable bonds is 6. The van der Waals surface area contributed by atoms with Gasteiger partial charge in [-0.2, -0.15) is 0 Å². The molecule has 0 saturated heterocycles. The maximum atomic E-state index is 11.4. The molecule has 20 heavy (non-hydrogen) atoms. The lowest BCUT2D eigenvalue weighted by Gasteiger charge is -2.30. The van der Waals surface area contributed by atoms with Gasteiger partial charge in [-0.25, -0.2) is 0 Å². The predicted octanol–water partition coefficient (Wildman–Crippen LogP) is 2.34. The molecule has 110 valence electrons. The molecule has 1 N–H and O–H groups in total. The first-order valence-corrected chi connectivity index (χ1v) is 6.88. The first kappa shape index (κ1) is 14.6. The summed E-state index contributed by atoms with van der Waals surface area (Å²) in [6, 6.07) is 5.33. The van der Waals surface area contributed by atoms with Crippen LogP contribution in [0, 0.1) is 10.1 Å². The monoisotopic (exact) mass is 280 g/mol. The van der Waals surface area contributed by atoms with Crippen LogP contribution in [0.25, 0.3) is 0 Å². The fraction of sp³-hybridized carbons (Fsp3) is 0.571. The number of benzene rings is 1. The SMILES string of the molecule is COc1cccc(N(CCO)C2CCCC2)c1[N+](=O)[O-]. The highest BCUT2D eigenvalue weighted by Crippen LogP contribution is 2.39. The molecule has 6 nitrogen and oxygen atoms in total. The molecule has 0 spiro atoms. The first-order chi connectivity index (χ1) is 9.69. The Labute approximate surface area is 118 Å². The maximum Gasteiger partial charge on any atom is 0.333 e. The van der Waals surface area contributed by atoms with Gasteiger partial charge in [0.1, 0.15) is 5.69 Å². The summed E-state index contributed by atoms with van der Waals surface area (Å²) < 4.78 is 5.11. The van der Waals surface area contributed by atoms with E-state index in [1.54, 1.807) is 18.2 Å². The maximum absolute atomic E-state index is 11.4. The number of aliphatic hydroxyl groups excluding tert-OH is 1. The van der Waals surface area contributed by atoms with Crippen molar-refractivity contribution in [1.82, 2.24) is 0 Å². The zero-order chi connectivity index (χ0) is 14.5. The number of aliphatic hydroxyl groups is 1. The highest BCUT2D eigenvalue weighted by molar-refractivity contribution is 5.70. The van der Waals surface area contributed by atoms with Crippen LogP contribution in [0.3, 0.4) is 0 Å². The second-order valence-corrected chi connectivity index (χ2v) is 4.94. The largest absolute Gasteiger partial charge is 0.490 e. The summed E-state index contributed by atoms with van der Waals surface area (Å²) in [4.78, 5) is 12.9. The molecule has 0 heterocycles. The van der Waals surface area contributed by atoms with Crippen LogP contribution >= 0.6 is 0 Å². The van der Waals surface area contributed by atoms with E-state index < -0.39 is 4.92 Å². The quantitative estimate of drug-likeness (QED) is 0.639. The number of para-hydroxylation sites is 1. The van der Waals surface area contributed by atoms with Crippen molar-refractivity contribution >= 4 is 11.4 Å². The standard InChI is InChI=1S/C14H20N2O4/c1-20-13-8-4-7-12(14(13)16(18)19)15(9-10-17)11-5-2-3-6-11/h4,7-8,11,17H,2-3,5-6,9-10H2,1H3. The number of nitro groups is 1. The minimum Gasteiger partial charge on any atom is -0.490 e. The van der Waals surface area contributed by atoms with Gasteiger partial charge in [0.25, 0.3) is 0 Å². The predicted molar refractivity (Wildman–Crippen MR) is 76.3 cm³/mol. The normalized spacial score (nSPS) is 15.3. The topological polar surface area (TPSA) is 75.8 Å². The Morgan fingerprint density at radius 3 is 2.70 bits per heavy atom. The van der Waals surface area contributed by atoms with E-state index in [0.29, 0.717) is 12.2 Å². The molecule has 0 atom stereocenters. The van der Waals surface area contributed by atoms with Gasteiger partial charge in [0, 0.05) is 12.6 Å². The summed E-state index contributed by atoms with van der Waals surface area (Å²) in [5.74, 6) is 0.258. The van der Waals surface area contributed by atoms with E-state index in [9.17, 15) is 15.2 Å². The van der Waals surface area contributed by atoms with E-state index in [0.717, 1.165) is 25.7 Å². The summed E-state index contributed by atoms with van der Waals surface area (Å²) >= 11 is 0. The first-order valence-electron chi connectivity index (χ1n) is 6.88. The van der Waals surface area contributed by atoms with Gasteiger partial charge in [0.05, 0.1) is 18.6 Å². The van der Waals surface area contributed by atoms with Crippen LogP contribution in [0.15, 0.2) is 18.2 Å². The van der Waals surface area contributed by atoms with Gasteiger partial charge in [-0.05, 0) is 25.0 Å². The Morgan fingerprint density at radius 1 is 1.45 bits per heavy atom. The van der Waals surface area contributed by atoms with Gasteiger partial charge < -0.3 is 14.7 Å². The highest BCUT2D eigenvalue weighted by Gasteiger charge is 2.30. The summed E-state index contributed by atoms with van der Waals surface area (Å²) in [7, 11) is 1.43. The van der Waals surface area contributed by atoms with E-state index in [1.165, 1.54) is 7.11 Å². The molecule has 1 aliphatic rings. The third-order valence-corrected chi connectivity index (χ3v) is 3.80. The van der Waals surface area contributed by atoms with Gasteiger partial charge in [-0.3, -0.25) is 10.1 Å². The molecule has 0 aliphatic heterocycles. The smallest absolute Gasteiger partial charge is 0.333 e. The molecule has 1 aromatic rings. The van der Waals surface area contributed by atoms with Crippen molar-refractivity contribution in [2.75, 3.05) is 25.2 Å². The molecule has 1 fully saturated rings. The number of nitrogens with zero attached hydrogens (tertiary/aromatic N) is 2. The number of anilines is 1. The molecule has 1 aromatic carbocycles. The zero-order valence-corrected chi connectivity index (χ0v) is 11.6. The third kappa shape index (κ3) is 2.85. The van der Waals surface area contributed by atoms with E-state index >= 15 is 0 Å². The molecule has 1 aliphatic carbocycles. The van der Waals surface area contributed by atoms with Crippen LogP contribution in [0.5, 0.6) is 5.75 Å². The van der Waals surface area contributed by atoms with Crippen molar-refractivity contribution in [3.63, 3.8) is 0 Å². The van der Waals surface area contributed by atoms with Gasteiger partial charge >= 0.3 is 5.69 Å². The second-order valence-electron chi connectivity index (χ2n) is 4.94. The Balaban J connectivity index is 2.43. The molecular weight excluding hydrogens is 260 g/mol. The van der Waals surface area contributed by atoms with Gasteiger partial charge in [-0.15, -0.1) is 0 Å². The van der Waals surface area contributed by atoms with E-state index in [1.807, 2.05) is 4.90 Å². The summed E-state index contributed by atoms with van der Waals surface area (Å²) in [6.07, 6.45) is 4.28. The average Bonchev–Trinajstić information content (AvgIpc) is 2.97. The minimum absolute atomic E-state index is 0.0182. The molecule has 0 amide bonds. The molecule has 0 aromatic heterocycles. The van der Waals surface area contributed by atoms with E-state index in [2.05, 4.69) is 0 Å². The third-order valence-electron chi connectivity index (χ3n) is 3.80. The molecule has 0 bridgehead atoms. The van der Waals surface area contributed by atoms with Crippen molar-refractivity contribution in [3.05, 3.63) is 28.3 Å².